The Hall–Kier alpha value is -0.160. The average molecular weight is 150 g/mol. The molecule has 0 amide bonds. The molecule has 62 valence electrons. The lowest BCUT2D eigenvalue weighted by Gasteiger charge is -2.25. The fourth-order valence-corrected chi connectivity index (χ4v) is 0.714. The van der Waals surface area contributed by atoms with E-state index < -0.39 is 5.97 Å². The van der Waals surface area contributed by atoms with Crippen molar-refractivity contribution in [1.82, 2.24) is 0 Å². The molecule has 10 heavy (non-hydrogen) atoms. The van der Waals surface area contributed by atoms with E-state index in [2.05, 4.69) is 4.89 Å². The lowest BCUT2D eigenvalue weighted by Crippen LogP contribution is -2.35. The molecule has 0 aliphatic heterocycles. The quantitative estimate of drug-likeness (QED) is 0.363. The van der Waals surface area contributed by atoms with Gasteiger partial charge >= 0.3 is 5.97 Å². The summed E-state index contributed by atoms with van der Waals surface area (Å²) in [7, 11) is 2.82. The van der Waals surface area contributed by atoms with Crippen molar-refractivity contribution < 1.29 is 19.6 Å². The zero-order valence-electron chi connectivity index (χ0n) is 6.59. The van der Waals surface area contributed by atoms with E-state index in [9.17, 15) is 0 Å². The van der Waals surface area contributed by atoms with E-state index in [1.807, 2.05) is 6.92 Å². The van der Waals surface area contributed by atoms with Crippen LogP contribution in [-0.4, -0.2) is 25.5 Å². The standard InChI is InChI=1S/C6H14O4/c1-4-5-6(8-2,9-3)10-7/h7H,4-5H2,1-3H3. The van der Waals surface area contributed by atoms with Gasteiger partial charge in [-0.15, -0.1) is 0 Å². The Morgan fingerprint density at radius 3 is 1.90 bits per heavy atom. The molecule has 0 heterocycles. The first-order valence-electron chi connectivity index (χ1n) is 3.17. The van der Waals surface area contributed by atoms with Crippen LogP contribution in [0.2, 0.25) is 0 Å². The maximum Gasteiger partial charge on any atom is 0.311 e. The topological polar surface area (TPSA) is 47.9 Å². The lowest BCUT2D eigenvalue weighted by molar-refractivity contribution is -0.483. The molecule has 0 aromatic heterocycles. The van der Waals surface area contributed by atoms with Gasteiger partial charge in [0.15, 0.2) is 0 Å². The molecule has 0 aliphatic rings. The van der Waals surface area contributed by atoms with Crippen LogP contribution in [-0.2, 0) is 14.4 Å². The summed E-state index contributed by atoms with van der Waals surface area (Å²) in [5, 5.41) is 8.36. The van der Waals surface area contributed by atoms with Gasteiger partial charge in [0, 0.05) is 20.6 Å². The fourth-order valence-electron chi connectivity index (χ4n) is 0.714. The van der Waals surface area contributed by atoms with E-state index in [4.69, 9.17) is 14.7 Å². The van der Waals surface area contributed by atoms with Gasteiger partial charge in [-0.1, -0.05) is 6.92 Å². The largest absolute Gasteiger partial charge is 0.329 e. The van der Waals surface area contributed by atoms with Crippen LogP contribution >= 0.6 is 0 Å². The van der Waals surface area contributed by atoms with Gasteiger partial charge in [-0.25, -0.2) is 5.26 Å². The van der Waals surface area contributed by atoms with E-state index in [0.717, 1.165) is 6.42 Å². The van der Waals surface area contributed by atoms with Crippen LogP contribution < -0.4 is 0 Å². The van der Waals surface area contributed by atoms with Crippen molar-refractivity contribution in [2.45, 2.75) is 25.7 Å². The van der Waals surface area contributed by atoms with E-state index in [1.54, 1.807) is 0 Å². The van der Waals surface area contributed by atoms with Crippen LogP contribution in [0.5, 0.6) is 0 Å². The predicted octanol–water partition coefficient (Wildman–Crippen LogP) is 1.22. The van der Waals surface area contributed by atoms with Crippen LogP contribution in [0.1, 0.15) is 19.8 Å². The Balaban J connectivity index is 3.87. The number of rotatable bonds is 5. The summed E-state index contributed by atoms with van der Waals surface area (Å²) >= 11 is 0. The minimum absolute atomic E-state index is 0.497. The van der Waals surface area contributed by atoms with Gasteiger partial charge in [-0.05, 0) is 6.42 Å². The SMILES string of the molecule is CCCC(OC)(OC)OO. The van der Waals surface area contributed by atoms with Crippen molar-refractivity contribution in [1.29, 1.82) is 0 Å². The van der Waals surface area contributed by atoms with E-state index in [1.165, 1.54) is 14.2 Å². The van der Waals surface area contributed by atoms with Gasteiger partial charge in [0.1, 0.15) is 0 Å². The minimum Gasteiger partial charge on any atom is -0.329 e. The second-order valence-electron chi connectivity index (χ2n) is 1.93. The molecule has 0 aliphatic carbocycles. The highest BCUT2D eigenvalue weighted by Crippen LogP contribution is 2.17. The van der Waals surface area contributed by atoms with Crippen molar-refractivity contribution in [3.8, 4) is 0 Å². The minimum atomic E-state index is -1.27. The second kappa shape index (κ2) is 4.62. The maximum atomic E-state index is 8.36. The van der Waals surface area contributed by atoms with Crippen LogP contribution in [0, 0.1) is 0 Å². The highest BCUT2D eigenvalue weighted by Gasteiger charge is 2.29. The molecule has 4 heteroatoms. The first kappa shape index (κ1) is 9.84. The van der Waals surface area contributed by atoms with E-state index >= 15 is 0 Å². The second-order valence-corrected chi connectivity index (χ2v) is 1.93. The summed E-state index contributed by atoms with van der Waals surface area (Å²) in [5.74, 6) is -1.27. The normalized spacial score (nSPS) is 12.0. The Morgan fingerprint density at radius 1 is 1.30 bits per heavy atom. The van der Waals surface area contributed by atoms with Crippen LogP contribution in [0.3, 0.4) is 0 Å². The highest BCUT2D eigenvalue weighted by atomic mass is 17.2. The van der Waals surface area contributed by atoms with Crippen LogP contribution in [0.4, 0.5) is 0 Å². The molecule has 0 radical (unpaired) electrons. The number of ether oxygens (including phenoxy) is 2. The molecule has 0 aromatic carbocycles. The molecule has 0 aromatic rings. The molecule has 0 unspecified atom stereocenters. The predicted molar refractivity (Wildman–Crippen MR) is 35.4 cm³/mol. The molecular weight excluding hydrogens is 136 g/mol. The average Bonchev–Trinajstić information content (AvgIpc) is 2.01. The summed E-state index contributed by atoms with van der Waals surface area (Å²) in [4.78, 5) is 4.03. The lowest BCUT2D eigenvalue weighted by atomic mass is 10.3. The smallest absolute Gasteiger partial charge is 0.311 e. The van der Waals surface area contributed by atoms with Crippen molar-refractivity contribution in [2.75, 3.05) is 14.2 Å². The van der Waals surface area contributed by atoms with E-state index in [0.29, 0.717) is 6.42 Å². The Bertz CT molecular complexity index is 71.6. The van der Waals surface area contributed by atoms with Crippen molar-refractivity contribution in [3.63, 3.8) is 0 Å². The number of methoxy groups -OCH3 is 2. The third kappa shape index (κ3) is 2.22. The zero-order chi connectivity index (χ0) is 8.04. The van der Waals surface area contributed by atoms with Gasteiger partial charge in [-0.3, -0.25) is 0 Å². The Labute approximate surface area is 60.6 Å². The van der Waals surface area contributed by atoms with Gasteiger partial charge in [0.2, 0.25) is 0 Å². The first-order chi connectivity index (χ1) is 4.74. The first-order valence-corrected chi connectivity index (χ1v) is 3.17. The van der Waals surface area contributed by atoms with Crippen LogP contribution in [0.15, 0.2) is 0 Å². The fraction of sp³-hybridized carbons (Fsp3) is 1.00. The van der Waals surface area contributed by atoms with Crippen molar-refractivity contribution in [3.05, 3.63) is 0 Å². The summed E-state index contributed by atoms with van der Waals surface area (Å²) < 4.78 is 9.56. The van der Waals surface area contributed by atoms with Crippen molar-refractivity contribution >= 4 is 0 Å². The number of hydrogen-bond acceptors (Lipinski definition) is 4. The molecule has 0 spiro atoms. The summed E-state index contributed by atoms with van der Waals surface area (Å²) in [5.41, 5.74) is 0. The zero-order valence-corrected chi connectivity index (χ0v) is 6.59. The third-order valence-corrected chi connectivity index (χ3v) is 1.32. The molecule has 0 bridgehead atoms. The summed E-state index contributed by atoms with van der Waals surface area (Å²) in [6.07, 6.45) is 1.30. The Morgan fingerprint density at radius 2 is 1.80 bits per heavy atom. The molecule has 4 nitrogen and oxygen atoms in total. The number of hydrogen-bond donors (Lipinski definition) is 1. The van der Waals surface area contributed by atoms with Gasteiger partial charge < -0.3 is 9.47 Å². The summed E-state index contributed by atoms with van der Waals surface area (Å²) in [6, 6.07) is 0. The maximum absolute atomic E-state index is 8.36. The molecule has 0 saturated carbocycles. The molecule has 0 atom stereocenters. The molecule has 1 N–H and O–H groups in total. The molecular formula is C6H14O4. The van der Waals surface area contributed by atoms with Crippen molar-refractivity contribution in [2.24, 2.45) is 0 Å². The van der Waals surface area contributed by atoms with Gasteiger partial charge in [-0.2, -0.15) is 4.89 Å². The molecule has 0 fully saturated rings. The molecule has 0 rings (SSSR count). The van der Waals surface area contributed by atoms with Gasteiger partial charge in [0.05, 0.1) is 0 Å². The summed E-state index contributed by atoms with van der Waals surface area (Å²) in [6.45, 7) is 1.94. The molecule has 0 saturated heterocycles. The van der Waals surface area contributed by atoms with Crippen LogP contribution in [0.25, 0.3) is 0 Å². The van der Waals surface area contributed by atoms with Gasteiger partial charge in [0.25, 0.3) is 0 Å². The van der Waals surface area contributed by atoms with E-state index in [-0.39, 0.29) is 0 Å². The highest BCUT2D eigenvalue weighted by molar-refractivity contribution is 4.51. The Kier molecular flexibility index (Phi) is 4.55. The third-order valence-electron chi connectivity index (χ3n) is 1.32. The monoisotopic (exact) mass is 150 g/mol.